The molecule has 0 aliphatic rings. The quantitative estimate of drug-likeness (QED) is 0.357. The zero-order valence-electron chi connectivity index (χ0n) is 18.7. The highest BCUT2D eigenvalue weighted by Crippen LogP contribution is 2.30. The van der Waals surface area contributed by atoms with Crippen molar-refractivity contribution in [3.8, 4) is 28.2 Å². The Morgan fingerprint density at radius 1 is 0.818 bits per heavy atom. The Morgan fingerprint density at radius 3 is 2.36 bits per heavy atom. The third-order valence-electron chi connectivity index (χ3n) is 5.89. The average Bonchev–Trinajstić information content (AvgIpc) is 3.21. The molecule has 0 saturated carbocycles. The largest absolute Gasteiger partial charge is 0.478 e. The summed E-state index contributed by atoms with van der Waals surface area (Å²) in [7, 11) is 0. The first-order valence-electron chi connectivity index (χ1n) is 10.8. The van der Waals surface area contributed by atoms with Crippen molar-refractivity contribution in [1.82, 2.24) is 14.8 Å². The van der Waals surface area contributed by atoms with Gasteiger partial charge in [0.25, 0.3) is 0 Å². The highest BCUT2D eigenvalue weighted by molar-refractivity contribution is 6.04. The number of hydrogen-bond acceptors (Lipinski definition) is 3. The van der Waals surface area contributed by atoms with Gasteiger partial charge in [0.15, 0.2) is 0 Å². The monoisotopic (exact) mass is 433 g/mol. The van der Waals surface area contributed by atoms with Crippen LogP contribution in [0.5, 0.6) is 0 Å². The van der Waals surface area contributed by atoms with E-state index < -0.39 is 5.97 Å². The Hall–Kier alpha value is -4.25. The molecule has 0 spiro atoms. The Kier molecular flexibility index (Phi) is 5.02. The zero-order chi connectivity index (χ0) is 23.1. The van der Waals surface area contributed by atoms with Crippen molar-refractivity contribution in [2.45, 2.75) is 20.8 Å². The van der Waals surface area contributed by atoms with Gasteiger partial charge >= 0.3 is 5.97 Å². The van der Waals surface area contributed by atoms with E-state index in [-0.39, 0.29) is 5.56 Å². The van der Waals surface area contributed by atoms with Gasteiger partial charge in [-0.3, -0.25) is 0 Å². The van der Waals surface area contributed by atoms with Crippen molar-refractivity contribution in [2.75, 3.05) is 0 Å². The Labute approximate surface area is 192 Å². The van der Waals surface area contributed by atoms with Crippen LogP contribution in [0.1, 0.15) is 27.2 Å². The molecule has 2 heterocycles. The predicted molar refractivity (Wildman–Crippen MR) is 131 cm³/mol. The Morgan fingerprint density at radius 2 is 1.61 bits per heavy atom. The van der Waals surface area contributed by atoms with Crippen LogP contribution < -0.4 is 0 Å². The van der Waals surface area contributed by atoms with Gasteiger partial charge in [0.05, 0.1) is 22.5 Å². The molecule has 1 N–H and O–H groups in total. The molecule has 5 heteroatoms. The molecule has 162 valence electrons. The molecule has 5 rings (SSSR count). The minimum atomic E-state index is -0.987. The van der Waals surface area contributed by atoms with Gasteiger partial charge in [0, 0.05) is 11.1 Å². The fraction of sp³-hybridized carbons (Fsp3) is 0.107. The lowest BCUT2D eigenvalue weighted by Crippen LogP contribution is -2.03. The standard InChI is InChI=1S/C28H23N3O2/c1-17-9-10-18(2)27(13-17)31-19(3)14-26(30-31)25-16-23(28(32)33)22-15-21(11-12-24(22)29-25)20-7-5-4-6-8-20/h4-16H,1-3H3,(H,32,33). The number of benzene rings is 3. The van der Waals surface area contributed by atoms with Crippen molar-refractivity contribution < 1.29 is 9.90 Å². The summed E-state index contributed by atoms with van der Waals surface area (Å²) in [6.45, 7) is 6.09. The van der Waals surface area contributed by atoms with Gasteiger partial charge in [-0.2, -0.15) is 5.10 Å². The van der Waals surface area contributed by atoms with Crippen molar-refractivity contribution >= 4 is 16.9 Å². The lowest BCUT2D eigenvalue weighted by Gasteiger charge is -2.10. The van der Waals surface area contributed by atoms with Crippen molar-refractivity contribution in [1.29, 1.82) is 0 Å². The maximum atomic E-state index is 12.2. The van der Waals surface area contributed by atoms with Crippen LogP contribution in [0.25, 0.3) is 39.1 Å². The van der Waals surface area contributed by atoms with Crippen LogP contribution in [0.15, 0.2) is 78.9 Å². The molecule has 0 unspecified atom stereocenters. The van der Waals surface area contributed by atoms with Crippen LogP contribution in [0.3, 0.4) is 0 Å². The topological polar surface area (TPSA) is 68.0 Å². The van der Waals surface area contributed by atoms with E-state index >= 15 is 0 Å². The number of rotatable bonds is 4. The fourth-order valence-electron chi connectivity index (χ4n) is 4.14. The molecule has 0 saturated heterocycles. The van der Waals surface area contributed by atoms with Gasteiger partial charge in [-0.25, -0.2) is 14.5 Å². The van der Waals surface area contributed by atoms with Gasteiger partial charge in [-0.15, -0.1) is 0 Å². The van der Waals surface area contributed by atoms with E-state index in [9.17, 15) is 9.90 Å². The summed E-state index contributed by atoms with van der Waals surface area (Å²) in [6, 6.07) is 25.5. The molecular weight excluding hydrogens is 410 g/mol. The summed E-state index contributed by atoms with van der Waals surface area (Å²) < 4.78 is 1.89. The molecule has 0 aliphatic carbocycles. The maximum Gasteiger partial charge on any atom is 0.336 e. The molecule has 0 amide bonds. The normalized spacial score (nSPS) is 11.1. The summed E-state index contributed by atoms with van der Waals surface area (Å²) in [4.78, 5) is 16.9. The number of carboxylic acid groups (broad SMARTS) is 1. The number of aryl methyl sites for hydroxylation is 3. The van der Waals surface area contributed by atoms with Crippen LogP contribution in [-0.4, -0.2) is 25.8 Å². The van der Waals surface area contributed by atoms with Crippen LogP contribution in [0.4, 0.5) is 0 Å². The van der Waals surface area contributed by atoms with E-state index in [0.717, 1.165) is 33.6 Å². The van der Waals surface area contributed by atoms with Gasteiger partial charge < -0.3 is 5.11 Å². The van der Waals surface area contributed by atoms with Gasteiger partial charge in [0.1, 0.15) is 5.69 Å². The lowest BCUT2D eigenvalue weighted by molar-refractivity contribution is 0.0699. The molecule has 5 nitrogen and oxygen atoms in total. The lowest BCUT2D eigenvalue weighted by atomic mass is 10.00. The predicted octanol–water partition coefficient (Wildman–Crippen LogP) is 6.38. The third-order valence-corrected chi connectivity index (χ3v) is 5.89. The molecule has 0 bridgehead atoms. The summed E-state index contributed by atoms with van der Waals surface area (Å²) in [5.74, 6) is -0.987. The number of aromatic nitrogens is 3. The molecule has 0 atom stereocenters. The number of fused-ring (bicyclic) bond motifs is 1. The van der Waals surface area contributed by atoms with E-state index in [1.54, 1.807) is 6.07 Å². The summed E-state index contributed by atoms with van der Waals surface area (Å²) in [5, 5.41) is 15.4. The zero-order valence-corrected chi connectivity index (χ0v) is 18.7. The number of carboxylic acids is 1. The first-order chi connectivity index (χ1) is 15.9. The Balaban J connectivity index is 1.65. The van der Waals surface area contributed by atoms with Gasteiger partial charge in [0.2, 0.25) is 0 Å². The van der Waals surface area contributed by atoms with Crippen molar-refractivity contribution in [3.63, 3.8) is 0 Å². The number of pyridine rings is 1. The summed E-state index contributed by atoms with van der Waals surface area (Å²) in [5.41, 5.74) is 8.24. The first kappa shape index (κ1) is 20.6. The van der Waals surface area contributed by atoms with Crippen LogP contribution in [0.2, 0.25) is 0 Å². The maximum absolute atomic E-state index is 12.2. The second-order valence-corrected chi connectivity index (χ2v) is 8.33. The second kappa shape index (κ2) is 8.02. The molecule has 3 aromatic carbocycles. The molecule has 5 aromatic rings. The third kappa shape index (κ3) is 3.78. The van der Waals surface area contributed by atoms with Gasteiger partial charge in [-0.05, 0) is 73.4 Å². The van der Waals surface area contributed by atoms with Crippen molar-refractivity contribution in [3.05, 3.63) is 101 Å². The molecule has 33 heavy (non-hydrogen) atoms. The molecule has 0 aliphatic heterocycles. The SMILES string of the molecule is Cc1ccc(C)c(-n2nc(-c3cc(C(=O)O)c4cc(-c5ccccc5)ccc4n3)cc2C)c1. The van der Waals surface area contributed by atoms with Gasteiger partial charge in [-0.1, -0.05) is 48.5 Å². The minimum absolute atomic E-state index is 0.215. The molecular formula is C28H23N3O2. The second-order valence-electron chi connectivity index (χ2n) is 8.33. The minimum Gasteiger partial charge on any atom is -0.478 e. The van der Waals surface area contributed by atoms with Crippen molar-refractivity contribution in [2.24, 2.45) is 0 Å². The highest BCUT2D eigenvalue weighted by atomic mass is 16.4. The smallest absolute Gasteiger partial charge is 0.336 e. The van der Waals surface area contributed by atoms with E-state index in [0.29, 0.717) is 22.3 Å². The fourth-order valence-corrected chi connectivity index (χ4v) is 4.14. The van der Waals surface area contributed by atoms with E-state index in [1.165, 1.54) is 0 Å². The first-order valence-corrected chi connectivity index (χ1v) is 10.8. The molecule has 0 fully saturated rings. The summed E-state index contributed by atoms with van der Waals surface area (Å²) in [6.07, 6.45) is 0. The summed E-state index contributed by atoms with van der Waals surface area (Å²) >= 11 is 0. The Bertz CT molecular complexity index is 1520. The molecule has 2 aromatic heterocycles. The van der Waals surface area contributed by atoms with E-state index in [1.807, 2.05) is 66.2 Å². The van der Waals surface area contributed by atoms with E-state index in [2.05, 4.69) is 32.0 Å². The van der Waals surface area contributed by atoms with Crippen LogP contribution in [0, 0.1) is 20.8 Å². The number of hydrogen-bond donors (Lipinski definition) is 1. The number of carbonyl (C=O) groups is 1. The average molecular weight is 434 g/mol. The van der Waals surface area contributed by atoms with Crippen LogP contribution in [-0.2, 0) is 0 Å². The van der Waals surface area contributed by atoms with E-state index in [4.69, 9.17) is 10.1 Å². The molecule has 0 radical (unpaired) electrons. The highest BCUT2D eigenvalue weighted by Gasteiger charge is 2.17. The van der Waals surface area contributed by atoms with Crippen LogP contribution >= 0.6 is 0 Å². The number of aromatic carboxylic acids is 1. The number of nitrogens with zero attached hydrogens (tertiary/aromatic N) is 3.